The van der Waals surface area contributed by atoms with Crippen LogP contribution in [0.1, 0.15) is 63.7 Å². The predicted molar refractivity (Wildman–Crippen MR) is 97.7 cm³/mol. The predicted octanol–water partition coefficient (Wildman–Crippen LogP) is 4.03. The second-order valence-corrected chi connectivity index (χ2v) is 5.56. The first-order valence-corrected chi connectivity index (χ1v) is 9.20. The molecule has 0 aliphatic heterocycles. The lowest BCUT2D eigenvalue weighted by atomic mass is 10.1. The van der Waals surface area contributed by atoms with Crippen LogP contribution in [0.2, 0.25) is 0 Å². The number of hydrogen-bond acceptors (Lipinski definition) is 7. The summed E-state index contributed by atoms with van der Waals surface area (Å²) in [6, 6.07) is 0. The van der Waals surface area contributed by atoms with Crippen molar-refractivity contribution >= 4 is 5.97 Å². The average molecular weight is 370 g/mol. The van der Waals surface area contributed by atoms with Crippen LogP contribution in [-0.4, -0.2) is 42.6 Å². The molecule has 0 amide bonds. The monoisotopic (exact) mass is 370 g/mol. The Hall–Kier alpha value is -2.31. The molecule has 1 aromatic rings. The summed E-state index contributed by atoms with van der Waals surface area (Å²) in [5, 5.41) is 20.6. The molecular weight excluding hydrogens is 340 g/mol. The number of benzene rings is 1. The van der Waals surface area contributed by atoms with Crippen molar-refractivity contribution in [3.05, 3.63) is 5.56 Å². The van der Waals surface area contributed by atoms with Crippen LogP contribution in [-0.2, 0) is 4.74 Å². The Balaban J connectivity index is 3.25. The number of rotatable bonds is 12. The van der Waals surface area contributed by atoms with E-state index < -0.39 is 17.5 Å². The van der Waals surface area contributed by atoms with Crippen LogP contribution in [0.3, 0.4) is 0 Å². The maximum atomic E-state index is 12.5. The highest BCUT2D eigenvalue weighted by molar-refractivity contribution is 5.99. The minimum Gasteiger partial charge on any atom is -0.503 e. The molecule has 0 aromatic heterocycles. The summed E-state index contributed by atoms with van der Waals surface area (Å²) in [6.45, 7) is 8.26. The molecule has 1 rings (SSSR count). The molecule has 0 radical (unpaired) electrons. The van der Waals surface area contributed by atoms with Crippen LogP contribution in [0.5, 0.6) is 28.7 Å². The fourth-order valence-corrected chi connectivity index (χ4v) is 2.45. The first-order chi connectivity index (χ1) is 12.5. The quantitative estimate of drug-likeness (QED) is 0.326. The minimum atomic E-state index is -0.776. The van der Waals surface area contributed by atoms with Gasteiger partial charge in [0.2, 0.25) is 17.2 Å². The number of aromatic hydroxyl groups is 2. The number of unbranched alkanes of at least 4 members (excludes halogenated alkanes) is 3. The van der Waals surface area contributed by atoms with Gasteiger partial charge in [0, 0.05) is 0 Å². The van der Waals surface area contributed by atoms with Crippen molar-refractivity contribution in [1.82, 2.24) is 0 Å². The van der Waals surface area contributed by atoms with Crippen LogP contribution in [0.25, 0.3) is 0 Å². The zero-order valence-electron chi connectivity index (χ0n) is 16.1. The molecule has 7 nitrogen and oxygen atoms in total. The van der Waals surface area contributed by atoms with Crippen molar-refractivity contribution in [2.75, 3.05) is 26.4 Å². The van der Waals surface area contributed by atoms with Gasteiger partial charge in [-0.3, -0.25) is 0 Å². The van der Waals surface area contributed by atoms with E-state index in [4.69, 9.17) is 18.9 Å². The lowest BCUT2D eigenvalue weighted by Crippen LogP contribution is -2.12. The van der Waals surface area contributed by atoms with Gasteiger partial charge >= 0.3 is 5.97 Å². The summed E-state index contributed by atoms with van der Waals surface area (Å²) >= 11 is 0. The van der Waals surface area contributed by atoms with E-state index in [0.29, 0.717) is 0 Å². The van der Waals surface area contributed by atoms with Crippen molar-refractivity contribution in [1.29, 1.82) is 0 Å². The number of esters is 1. The van der Waals surface area contributed by atoms with Crippen LogP contribution in [0.4, 0.5) is 0 Å². The van der Waals surface area contributed by atoms with Gasteiger partial charge in [-0.05, 0) is 27.2 Å². The van der Waals surface area contributed by atoms with E-state index >= 15 is 0 Å². The van der Waals surface area contributed by atoms with Crippen LogP contribution >= 0.6 is 0 Å². The van der Waals surface area contributed by atoms with Gasteiger partial charge in [-0.15, -0.1) is 0 Å². The van der Waals surface area contributed by atoms with Crippen molar-refractivity contribution in [2.24, 2.45) is 0 Å². The molecule has 0 aliphatic carbocycles. The summed E-state index contributed by atoms with van der Waals surface area (Å²) in [4.78, 5) is 12.5. The van der Waals surface area contributed by atoms with Crippen molar-refractivity contribution in [3.63, 3.8) is 0 Å². The van der Waals surface area contributed by atoms with Crippen LogP contribution in [0, 0.1) is 0 Å². The second kappa shape index (κ2) is 11.3. The fraction of sp³-hybridized carbons (Fsp3) is 0.632. The Morgan fingerprint density at radius 3 is 1.92 bits per heavy atom. The molecule has 0 unspecified atom stereocenters. The van der Waals surface area contributed by atoms with E-state index in [0.717, 1.165) is 25.7 Å². The molecule has 0 saturated heterocycles. The summed E-state index contributed by atoms with van der Waals surface area (Å²) in [6.07, 6.45) is 3.82. The highest BCUT2D eigenvalue weighted by atomic mass is 16.6. The summed E-state index contributed by atoms with van der Waals surface area (Å²) in [5.74, 6) is -1.97. The lowest BCUT2D eigenvalue weighted by Gasteiger charge is -2.20. The number of hydrogen-bond donors (Lipinski definition) is 2. The molecule has 0 saturated carbocycles. The normalized spacial score (nSPS) is 10.5. The van der Waals surface area contributed by atoms with Crippen molar-refractivity contribution < 1.29 is 34.0 Å². The number of ether oxygens (including phenoxy) is 4. The smallest absolute Gasteiger partial charge is 0.346 e. The van der Waals surface area contributed by atoms with E-state index in [9.17, 15) is 15.0 Å². The van der Waals surface area contributed by atoms with E-state index in [1.807, 2.05) is 0 Å². The number of phenolic OH excluding ortho intramolecular Hbond substituents is 2. The molecular formula is C19H30O7. The Kier molecular flexibility index (Phi) is 9.47. The van der Waals surface area contributed by atoms with Gasteiger partial charge in [0.1, 0.15) is 0 Å². The number of phenols is 2. The second-order valence-electron chi connectivity index (χ2n) is 5.56. The van der Waals surface area contributed by atoms with E-state index in [1.165, 1.54) is 0 Å². The van der Waals surface area contributed by atoms with Crippen molar-refractivity contribution in [2.45, 2.75) is 53.4 Å². The summed E-state index contributed by atoms with van der Waals surface area (Å²) in [5.41, 5.74) is -0.258. The largest absolute Gasteiger partial charge is 0.503 e. The molecule has 0 heterocycles. The SMILES string of the molecule is CCCCCCOC(=O)c1c(O)c(O)c(OCC)c(OCC)c1OCC. The Morgan fingerprint density at radius 2 is 1.35 bits per heavy atom. The molecule has 26 heavy (non-hydrogen) atoms. The molecule has 7 heteroatoms. The fourth-order valence-electron chi connectivity index (χ4n) is 2.45. The molecule has 0 fully saturated rings. The van der Waals surface area contributed by atoms with Gasteiger partial charge in [0.05, 0.1) is 26.4 Å². The Labute approximate surface area is 154 Å². The molecule has 0 atom stereocenters. The van der Waals surface area contributed by atoms with Gasteiger partial charge in [0.25, 0.3) is 0 Å². The Bertz CT molecular complexity index is 584. The zero-order chi connectivity index (χ0) is 19.5. The number of carbonyl (C=O) groups excluding carboxylic acids is 1. The lowest BCUT2D eigenvalue weighted by molar-refractivity contribution is 0.0487. The topological polar surface area (TPSA) is 94.5 Å². The average Bonchev–Trinajstić information content (AvgIpc) is 2.62. The molecule has 0 aliphatic rings. The van der Waals surface area contributed by atoms with E-state index in [-0.39, 0.29) is 49.2 Å². The van der Waals surface area contributed by atoms with Gasteiger partial charge in [-0.2, -0.15) is 0 Å². The maximum absolute atomic E-state index is 12.5. The standard InChI is InChI=1S/C19H30O7/c1-5-9-10-11-12-26-19(22)13-14(20)15(21)17(24-7-3)18(25-8-4)16(13)23-6-2/h20-21H,5-12H2,1-4H3. The van der Waals surface area contributed by atoms with Gasteiger partial charge < -0.3 is 29.2 Å². The third kappa shape index (κ3) is 5.34. The van der Waals surface area contributed by atoms with Crippen LogP contribution < -0.4 is 14.2 Å². The molecule has 2 N–H and O–H groups in total. The maximum Gasteiger partial charge on any atom is 0.346 e. The highest BCUT2D eigenvalue weighted by Gasteiger charge is 2.32. The number of carbonyl (C=O) groups is 1. The molecule has 148 valence electrons. The van der Waals surface area contributed by atoms with Gasteiger partial charge in [0.15, 0.2) is 17.1 Å². The molecule has 1 aromatic carbocycles. The van der Waals surface area contributed by atoms with Crippen molar-refractivity contribution in [3.8, 4) is 28.7 Å². The first-order valence-electron chi connectivity index (χ1n) is 9.20. The third-order valence-electron chi connectivity index (χ3n) is 3.62. The van der Waals surface area contributed by atoms with Gasteiger partial charge in [-0.1, -0.05) is 26.2 Å². The summed E-state index contributed by atoms with van der Waals surface area (Å²) < 4.78 is 21.7. The van der Waals surface area contributed by atoms with Gasteiger partial charge in [-0.25, -0.2) is 4.79 Å². The third-order valence-corrected chi connectivity index (χ3v) is 3.62. The zero-order valence-corrected chi connectivity index (χ0v) is 16.1. The van der Waals surface area contributed by atoms with E-state index in [2.05, 4.69) is 6.92 Å². The molecule has 0 bridgehead atoms. The minimum absolute atomic E-state index is 0.00616. The first kappa shape index (κ1) is 21.7. The molecule has 0 spiro atoms. The van der Waals surface area contributed by atoms with Crippen LogP contribution in [0.15, 0.2) is 0 Å². The summed E-state index contributed by atoms with van der Waals surface area (Å²) in [7, 11) is 0. The van der Waals surface area contributed by atoms with E-state index in [1.54, 1.807) is 20.8 Å². The Morgan fingerprint density at radius 1 is 0.769 bits per heavy atom. The highest BCUT2D eigenvalue weighted by Crippen LogP contribution is 2.53.